The summed E-state index contributed by atoms with van der Waals surface area (Å²) in [7, 11) is 1.71. The van der Waals surface area contributed by atoms with Crippen LogP contribution in [0.5, 0.6) is 0 Å². The van der Waals surface area contributed by atoms with Crippen molar-refractivity contribution in [1.29, 1.82) is 0 Å². The number of pyridine rings is 1. The minimum absolute atomic E-state index is 0.162. The molecule has 1 aromatic rings. The minimum Gasteiger partial charge on any atom is -0.384 e. The third-order valence-electron chi connectivity index (χ3n) is 2.13. The molecule has 0 saturated heterocycles. The highest BCUT2D eigenvalue weighted by Gasteiger charge is 2.14. The second kappa shape index (κ2) is 5.89. The third kappa shape index (κ3) is 2.81. The van der Waals surface area contributed by atoms with Crippen molar-refractivity contribution in [3.05, 3.63) is 29.6 Å². The molecule has 0 aliphatic heterocycles. The van der Waals surface area contributed by atoms with Gasteiger partial charge in [-0.25, -0.2) is 4.98 Å². The van der Waals surface area contributed by atoms with Crippen molar-refractivity contribution < 1.29 is 9.90 Å². The number of carbonyl (C=O) groups is 1. The average Bonchev–Trinajstić information content (AvgIpc) is 2.34. The molecule has 0 atom stereocenters. The van der Waals surface area contributed by atoms with Crippen molar-refractivity contribution in [1.82, 2.24) is 9.88 Å². The predicted molar refractivity (Wildman–Crippen MR) is 60.8 cm³/mol. The van der Waals surface area contributed by atoms with Gasteiger partial charge in [0.15, 0.2) is 0 Å². The Morgan fingerprint density at radius 2 is 2.38 bits per heavy atom. The van der Waals surface area contributed by atoms with Gasteiger partial charge in [-0.05, 0) is 19.1 Å². The summed E-state index contributed by atoms with van der Waals surface area (Å²) in [6.45, 7) is 2.27. The monoisotopic (exact) mass is 218 g/mol. The fourth-order valence-corrected chi connectivity index (χ4v) is 1.14. The Hall–Kier alpha value is -1.86. The Bertz CT molecular complexity index is 432. The van der Waals surface area contributed by atoms with E-state index in [9.17, 15) is 4.79 Å². The molecule has 0 fully saturated rings. The van der Waals surface area contributed by atoms with E-state index in [2.05, 4.69) is 16.8 Å². The molecule has 4 heteroatoms. The molecule has 1 amide bonds. The highest BCUT2D eigenvalue weighted by Crippen LogP contribution is 2.06. The van der Waals surface area contributed by atoms with Gasteiger partial charge in [0.25, 0.3) is 5.91 Å². The normalized spacial score (nSPS) is 9.19. The molecular weight excluding hydrogens is 204 g/mol. The number of amides is 1. The fraction of sp³-hybridized carbons (Fsp3) is 0.333. The van der Waals surface area contributed by atoms with Gasteiger partial charge in [0.2, 0.25) is 0 Å². The Morgan fingerprint density at radius 1 is 1.62 bits per heavy atom. The molecule has 0 saturated carbocycles. The lowest BCUT2D eigenvalue weighted by Gasteiger charge is -2.14. The van der Waals surface area contributed by atoms with E-state index < -0.39 is 0 Å². The lowest BCUT2D eigenvalue weighted by molar-refractivity contribution is 0.0796. The van der Waals surface area contributed by atoms with Crippen molar-refractivity contribution in [2.24, 2.45) is 0 Å². The number of aromatic nitrogens is 1. The van der Waals surface area contributed by atoms with Crippen LogP contribution in [-0.2, 0) is 0 Å². The topological polar surface area (TPSA) is 53.4 Å². The molecule has 1 heterocycles. The standard InChI is InChI=1S/C12H14N2O2/c1-3-14(2)12(16)11-10(7-5-9-15)6-4-8-13-11/h4,6,8,15H,3,9H2,1-2H3. The quantitative estimate of drug-likeness (QED) is 0.736. The summed E-state index contributed by atoms with van der Waals surface area (Å²) in [6, 6.07) is 3.43. The number of aliphatic hydroxyl groups is 1. The van der Waals surface area contributed by atoms with Gasteiger partial charge in [0, 0.05) is 19.8 Å². The van der Waals surface area contributed by atoms with Gasteiger partial charge >= 0.3 is 0 Å². The number of carbonyl (C=O) groups excluding carboxylic acids is 1. The molecule has 16 heavy (non-hydrogen) atoms. The zero-order chi connectivity index (χ0) is 12.0. The largest absolute Gasteiger partial charge is 0.384 e. The Balaban J connectivity index is 3.08. The van der Waals surface area contributed by atoms with E-state index in [0.717, 1.165) is 0 Å². The molecule has 84 valence electrons. The van der Waals surface area contributed by atoms with Crippen molar-refractivity contribution in [2.45, 2.75) is 6.92 Å². The summed E-state index contributed by atoms with van der Waals surface area (Å²) < 4.78 is 0. The molecule has 0 aromatic carbocycles. The van der Waals surface area contributed by atoms with E-state index in [0.29, 0.717) is 17.8 Å². The van der Waals surface area contributed by atoms with Crippen LogP contribution in [0.25, 0.3) is 0 Å². The minimum atomic E-state index is -0.230. The van der Waals surface area contributed by atoms with Crippen LogP contribution < -0.4 is 0 Å². The first-order valence-corrected chi connectivity index (χ1v) is 5.01. The van der Waals surface area contributed by atoms with Crippen molar-refractivity contribution >= 4 is 5.91 Å². The van der Waals surface area contributed by atoms with Crippen LogP contribution in [0.3, 0.4) is 0 Å². The van der Waals surface area contributed by atoms with Crippen LogP contribution in [0.2, 0.25) is 0 Å². The summed E-state index contributed by atoms with van der Waals surface area (Å²) in [4.78, 5) is 17.5. The molecule has 4 nitrogen and oxygen atoms in total. The van der Waals surface area contributed by atoms with Gasteiger partial charge < -0.3 is 10.0 Å². The summed E-state index contributed by atoms with van der Waals surface area (Å²) in [5.74, 6) is 5.06. The Morgan fingerprint density at radius 3 is 3.00 bits per heavy atom. The maximum Gasteiger partial charge on any atom is 0.273 e. The van der Waals surface area contributed by atoms with Gasteiger partial charge in [-0.15, -0.1) is 0 Å². The lowest BCUT2D eigenvalue weighted by Crippen LogP contribution is -2.27. The second-order valence-corrected chi connectivity index (χ2v) is 3.18. The van der Waals surface area contributed by atoms with Gasteiger partial charge in [0.1, 0.15) is 12.3 Å². The molecule has 0 aliphatic rings. The smallest absolute Gasteiger partial charge is 0.273 e. The maximum absolute atomic E-state index is 11.9. The molecule has 0 aliphatic carbocycles. The predicted octanol–water partition coefficient (Wildman–Crippen LogP) is 0.517. The van der Waals surface area contributed by atoms with Crippen molar-refractivity contribution in [3.8, 4) is 11.8 Å². The van der Waals surface area contributed by atoms with Crippen molar-refractivity contribution in [2.75, 3.05) is 20.2 Å². The molecule has 0 unspecified atom stereocenters. The number of rotatable bonds is 2. The highest BCUT2D eigenvalue weighted by molar-refractivity contribution is 5.94. The number of aliphatic hydroxyl groups excluding tert-OH is 1. The van der Waals surface area contributed by atoms with Gasteiger partial charge in [0.05, 0.1) is 5.56 Å². The zero-order valence-corrected chi connectivity index (χ0v) is 9.40. The summed E-state index contributed by atoms with van der Waals surface area (Å²) >= 11 is 0. The van der Waals surface area contributed by atoms with E-state index in [1.165, 1.54) is 0 Å². The van der Waals surface area contributed by atoms with E-state index in [4.69, 9.17) is 5.11 Å². The van der Waals surface area contributed by atoms with Crippen LogP contribution >= 0.6 is 0 Å². The van der Waals surface area contributed by atoms with Gasteiger partial charge in [-0.3, -0.25) is 4.79 Å². The molecular formula is C12H14N2O2. The molecule has 1 N–H and O–H groups in total. The first-order valence-electron chi connectivity index (χ1n) is 5.01. The number of nitrogens with zero attached hydrogens (tertiary/aromatic N) is 2. The van der Waals surface area contributed by atoms with Crippen LogP contribution in [0.15, 0.2) is 18.3 Å². The molecule has 0 spiro atoms. The second-order valence-electron chi connectivity index (χ2n) is 3.18. The van der Waals surface area contributed by atoms with Crippen LogP contribution in [0.1, 0.15) is 23.0 Å². The van der Waals surface area contributed by atoms with E-state index in [-0.39, 0.29) is 12.5 Å². The Kier molecular flexibility index (Phi) is 4.49. The first kappa shape index (κ1) is 12.2. The maximum atomic E-state index is 11.9. The summed E-state index contributed by atoms with van der Waals surface area (Å²) in [5.41, 5.74) is 0.870. The highest BCUT2D eigenvalue weighted by atomic mass is 16.2. The third-order valence-corrected chi connectivity index (χ3v) is 2.13. The van der Waals surface area contributed by atoms with Crippen molar-refractivity contribution in [3.63, 3.8) is 0 Å². The van der Waals surface area contributed by atoms with Gasteiger partial charge in [-0.2, -0.15) is 0 Å². The summed E-state index contributed by atoms with van der Waals surface area (Å²) in [6.07, 6.45) is 1.56. The molecule has 1 aromatic heterocycles. The van der Waals surface area contributed by atoms with Crippen LogP contribution in [0.4, 0.5) is 0 Å². The van der Waals surface area contributed by atoms with E-state index in [1.807, 2.05) is 6.92 Å². The SMILES string of the molecule is CCN(C)C(=O)c1ncccc1C#CCO. The average molecular weight is 218 g/mol. The molecule has 1 rings (SSSR count). The lowest BCUT2D eigenvalue weighted by atomic mass is 10.2. The number of hydrogen-bond donors (Lipinski definition) is 1. The van der Waals surface area contributed by atoms with Crippen LogP contribution in [0, 0.1) is 11.8 Å². The van der Waals surface area contributed by atoms with Gasteiger partial charge in [-0.1, -0.05) is 11.8 Å². The first-order chi connectivity index (χ1) is 7.70. The zero-order valence-electron chi connectivity index (χ0n) is 9.40. The molecule has 0 bridgehead atoms. The fourth-order valence-electron chi connectivity index (χ4n) is 1.14. The molecule has 0 radical (unpaired) electrons. The summed E-state index contributed by atoms with van der Waals surface area (Å²) in [5, 5.41) is 8.62. The number of hydrogen-bond acceptors (Lipinski definition) is 3. The Labute approximate surface area is 94.9 Å². The van der Waals surface area contributed by atoms with Crippen LogP contribution in [-0.4, -0.2) is 41.1 Å². The van der Waals surface area contributed by atoms with E-state index >= 15 is 0 Å². The van der Waals surface area contributed by atoms with E-state index in [1.54, 1.807) is 30.3 Å².